The van der Waals surface area contributed by atoms with Gasteiger partial charge >= 0.3 is 0 Å². The summed E-state index contributed by atoms with van der Waals surface area (Å²) in [5.74, 6) is -0.213. The highest BCUT2D eigenvalue weighted by Crippen LogP contribution is 2.34. The first-order valence-electron chi connectivity index (χ1n) is 8.79. The molecule has 1 aromatic heterocycles. The third-order valence-electron chi connectivity index (χ3n) is 4.95. The number of benzene rings is 3. The minimum Gasteiger partial charge on any atom is -0.207 e. The van der Waals surface area contributed by atoms with E-state index in [2.05, 4.69) is 74.1 Å². The number of hydrogen-bond donors (Lipinski definition) is 0. The monoisotopic (exact) mass is 342 g/mol. The summed E-state index contributed by atoms with van der Waals surface area (Å²) >= 11 is 0. The van der Waals surface area contributed by atoms with Crippen LogP contribution in [0.2, 0.25) is 0 Å². The second-order valence-corrected chi connectivity index (χ2v) is 6.87. The number of nitrogens with zero attached hydrogens (tertiary/aromatic N) is 1. The summed E-state index contributed by atoms with van der Waals surface area (Å²) in [5.41, 5.74) is 7.08. The smallest absolute Gasteiger partial charge is 0.207 e. The van der Waals surface area contributed by atoms with E-state index < -0.39 is 0 Å². The fourth-order valence-electron chi connectivity index (χ4n) is 3.63. The largest absolute Gasteiger partial charge is 0.220 e. The van der Waals surface area contributed by atoms with Gasteiger partial charge in [-0.1, -0.05) is 48.0 Å². The van der Waals surface area contributed by atoms with E-state index in [1.165, 1.54) is 45.3 Å². The zero-order valence-electron chi connectivity index (χ0n) is 15.3. The van der Waals surface area contributed by atoms with Crippen molar-refractivity contribution in [2.24, 2.45) is 7.05 Å². The highest BCUT2D eigenvalue weighted by atomic mass is 19.1. The van der Waals surface area contributed by atoms with Crippen molar-refractivity contribution in [3.8, 4) is 22.4 Å². The summed E-state index contributed by atoms with van der Waals surface area (Å²) in [6, 6.07) is 21.7. The molecule has 0 aliphatic heterocycles. The molecule has 0 saturated heterocycles. The molecule has 128 valence electrons. The number of rotatable bonds is 2. The lowest BCUT2D eigenvalue weighted by molar-refractivity contribution is -0.658. The summed E-state index contributed by atoms with van der Waals surface area (Å²) < 4.78 is 15.5. The van der Waals surface area contributed by atoms with Gasteiger partial charge in [0, 0.05) is 10.9 Å². The van der Waals surface area contributed by atoms with Crippen molar-refractivity contribution in [2.75, 3.05) is 0 Å². The molecule has 1 heterocycles. The van der Waals surface area contributed by atoms with Crippen molar-refractivity contribution in [2.45, 2.75) is 13.8 Å². The van der Waals surface area contributed by atoms with Crippen LogP contribution in [-0.4, -0.2) is 0 Å². The highest BCUT2D eigenvalue weighted by molar-refractivity contribution is 6.02. The minimum atomic E-state index is -0.213. The maximum absolute atomic E-state index is 13.4. The predicted octanol–water partition coefficient (Wildman–Crippen LogP) is 5.75. The molecule has 0 unspecified atom stereocenters. The van der Waals surface area contributed by atoms with E-state index in [1.807, 2.05) is 12.1 Å². The molecule has 0 bridgehead atoms. The predicted molar refractivity (Wildman–Crippen MR) is 105 cm³/mol. The third kappa shape index (κ3) is 2.78. The fourth-order valence-corrected chi connectivity index (χ4v) is 3.63. The Bertz CT molecular complexity index is 1110. The Morgan fingerprint density at radius 3 is 2.19 bits per heavy atom. The van der Waals surface area contributed by atoms with E-state index in [1.54, 1.807) is 0 Å². The van der Waals surface area contributed by atoms with Crippen molar-refractivity contribution in [1.82, 2.24) is 0 Å². The Balaban J connectivity index is 2.06. The van der Waals surface area contributed by atoms with E-state index in [0.29, 0.717) is 0 Å². The molecule has 0 spiro atoms. The average molecular weight is 342 g/mol. The van der Waals surface area contributed by atoms with Crippen molar-refractivity contribution in [1.29, 1.82) is 0 Å². The molecule has 4 rings (SSSR count). The third-order valence-corrected chi connectivity index (χ3v) is 4.95. The molecule has 0 atom stereocenters. The van der Waals surface area contributed by atoms with Gasteiger partial charge in [-0.15, -0.1) is 0 Å². The number of halogens is 1. The first kappa shape index (κ1) is 16.5. The molecule has 1 nitrogen and oxygen atoms in total. The molecule has 0 radical (unpaired) electrons. The van der Waals surface area contributed by atoms with Gasteiger partial charge in [0.2, 0.25) is 5.69 Å². The quantitative estimate of drug-likeness (QED) is 0.408. The second-order valence-electron chi connectivity index (χ2n) is 6.87. The van der Waals surface area contributed by atoms with Crippen LogP contribution in [0.5, 0.6) is 0 Å². The normalized spacial score (nSPS) is 11.1. The molecule has 0 N–H and O–H groups in total. The number of fused-ring (bicyclic) bond motifs is 1. The maximum atomic E-state index is 13.4. The highest BCUT2D eigenvalue weighted by Gasteiger charge is 2.20. The molecule has 2 heteroatoms. The first-order valence-corrected chi connectivity index (χ1v) is 8.79. The van der Waals surface area contributed by atoms with Crippen LogP contribution in [0.1, 0.15) is 11.1 Å². The summed E-state index contributed by atoms with van der Waals surface area (Å²) in [7, 11) is 2.08. The van der Waals surface area contributed by atoms with Crippen molar-refractivity contribution >= 4 is 10.8 Å². The van der Waals surface area contributed by atoms with Crippen molar-refractivity contribution in [3.63, 3.8) is 0 Å². The molecule has 0 saturated carbocycles. The zero-order chi connectivity index (χ0) is 18.3. The summed E-state index contributed by atoms with van der Waals surface area (Å²) in [6.07, 6.45) is 2.15. The van der Waals surface area contributed by atoms with Crippen LogP contribution in [0.3, 0.4) is 0 Å². The van der Waals surface area contributed by atoms with E-state index in [4.69, 9.17) is 0 Å². The molecule has 0 fully saturated rings. The van der Waals surface area contributed by atoms with E-state index in [9.17, 15) is 4.39 Å². The summed E-state index contributed by atoms with van der Waals surface area (Å²) in [4.78, 5) is 0. The van der Waals surface area contributed by atoms with Gasteiger partial charge in [0.15, 0.2) is 6.20 Å². The van der Waals surface area contributed by atoms with Crippen LogP contribution in [0, 0.1) is 19.7 Å². The van der Waals surface area contributed by atoms with Gasteiger partial charge in [-0.3, -0.25) is 0 Å². The lowest BCUT2D eigenvalue weighted by Crippen LogP contribution is -2.31. The number of pyridine rings is 1. The average Bonchev–Trinajstić information content (AvgIpc) is 2.64. The van der Waals surface area contributed by atoms with Gasteiger partial charge in [-0.25, -0.2) is 4.39 Å². The molecule has 4 aromatic rings. The Morgan fingerprint density at radius 1 is 0.769 bits per heavy atom. The van der Waals surface area contributed by atoms with Crippen LogP contribution in [0.4, 0.5) is 4.39 Å². The van der Waals surface area contributed by atoms with E-state index in [0.717, 1.165) is 11.1 Å². The SMILES string of the molecule is Cc1ccc(C)c(-c2c3ccccc3c(-c3ccc(F)cc3)c[n+]2C)c1. The molecular weight excluding hydrogens is 321 g/mol. The Kier molecular flexibility index (Phi) is 4.04. The van der Waals surface area contributed by atoms with Gasteiger partial charge in [0.25, 0.3) is 0 Å². The van der Waals surface area contributed by atoms with Crippen LogP contribution < -0.4 is 4.57 Å². The fraction of sp³-hybridized carbons (Fsp3) is 0.125. The van der Waals surface area contributed by atoms with Gasteiger partial charge in [-0.2, -0.15) is 4.57 Å². The molecule has 3 aromatic carbocycles. The lowest BCUT2D eigenvalue weighted by Gasteiger charge is -2.12. The lowest BCUT2D eigenvalue weighted by atomic mass is 9.94. The topological polar surface area (TPSA) is 3.88 Å². The van der Waals surface area contributed by atoms with Crippen LogP contribution in [-0.2, 0) is 7.05 Å². The standard InChI is InChI=1S/C24H21FN/c1-16-8-9-17(2)22(14-16)24-21-7-5-4-6-20(21)23(15-26(24)3)18-10-12-19(25)13-11-18/h4-15H,1-3H3/q+1. The second kappa shape index (κ2) is 6.38. The molecular formula is C24H21FN+. The zero-order valence-corrected chi connectivity index (χ0v) is 15.3. The Hall–Kier alpha value is -3.00. The summed E-state index contributed by atoms with van der Waals surface area (Å²) in [5, 5.41) is 2.37. The summed E-state index contributed by atoms with van der Waals surface area (Å²) in [6.45, 7) is 4.27. The first-order chi connectivity index (χ1) is 12.5. The van der Waals surface area contributed by atoms with E-state index in [-0.39, 0.29) is 5.82 Å². The molecule has 0 aliphatic rings. The van der Waals surface area contributed by atoms with Crippen LogP contribution >= 0.6 is 0 Å². The van der Waals surface area contributed by atoms with Gasteiger partial charge in [0.05, 0.1) is 10.9 Å². The van der Waals surface area contributed by atoms with Gasteiger partial charge in [-0.05, 0) is 49.2 Å². The molecule has 0 aliphatic carbocycles. The Labute approximate surface area is 153 Å². The number of aromatic nitrogens is 1. The van der Waals surface area contributed by atoms with Crippen molar-refractivity contribution < 1.29 is 8.96 Å². The number of aryl methyl sites for hydroxylation is 3. The minimum absolute atomic E-state index is 0.213. The number of hydrogen-bond acceptors (Lipinski definition) is 0. The maximum Gasteiger partial charge on any atom is 0.220 e. The Morgan fingerprint density at radius 2 is 1.46 bits per heavy atom. The van der Waals surface area contributed by atoms with E-state index >= 15 is 0 Å². The van der Waals surface area contributed by atoms with Gasteiger partial charge < -0.3 is 0 Å². The molecule has 26 heavy (non-hydrogen) atoms. The van der Waals surface area contributed by atoms with Gasteiger partial charge in [0.1, 0.15) is 12.9 Å². The van der Waals surface area contributed by atoms with Crippen LogP contribution in [0.25, 0.3) is 33.2 Å². The molecule has 0 amide bonds. The van der Waals surface area contributed by atoms with Crippen molar-refractivity contribution in [3.05, 3.63) is 89.9 Å². The van der Waals surface area contributed by atoms with Crippen LogP contribution in [0.15, 0.2) is 72.9 Å².